The Hall–Kier alpha value is -7.77. The standard InChI is InChI=1S/C51H35N7/c1-2-45-54-50(34-17-9-4-10-18-34)56-51(55-45)49-47-44(28-30-53-49)58(38-21-13-6-14-22-38)43-27-29-52-48(46(43)47)36-24-26-42-40(32-36)39-31-35(33-15-7-3-8-16-33)23-25-41(39)57(42)37-19-11-5-12-20-37/h3-32H,2H2,1H3. The first-order valence-electron chi connectivity index (χ1n) is 19.6. The van der Waals surface area contributed by atoms with Crippen LogP contribution in [0.25, 0.3) is 100 Å². The molecule has 6 aromatic carbocycles. The fourth-order valence-electron chi connectivity index (χ4n) is 8.38. The summed E-state index contributed by atoms with van der Waals surface area (Å²) in [5.41, 5.74) is 12.3. The van der Waals surface area contributed by atoms with Gasteiger partial charge in [-0.25, -0.2) is 15.0 Å². The smallest absolute Gasteiger partial charge is 0.182 e. The summed E-state index contributed by atoms with van der Waals surface area (Å²) >= 11 is 0. The van der Waals surface area contributed by atoms with Crippen LogP contribution in [0.2, 0.25) is 0 Å². The lowest BCUT2D eigenvalue weighted by atomic mass is 10.00. The summed E-state index contributed by atoms with van der Waals surface area (Å²) in [6.07, 6.45) is 4.43. The SMILES string of the molecule is CCc1nc(-c2ccccc2)nc(-c2nccc3c2c2c(-c4ccc5c(c4)c4cc(-c6ccccc6)ccc4n5-c4ccccc4)nccc2n3-c2ccccc2)n1. The van der Waals surface area contributed by atoms with E-state index in [9.17, 15) is 0 Å². The molecule has 11 rings (SSSR count). The molecule has 274 valence electrons. The third-order valence-corrected chi connectivity index (χ3v) is 11.0. The second-order valence-electron chi connectivity index (χ2n) is 14.4. The summed E-state index contributed by atoms with van der Waals surface area (Å²) in [6, 6.07) is 59.4. The molecule has 7 nitrogen and oxygen atoms in total. The molecule has 0 amide bonds. The van der Waals surface area contributed by atoms with E-state index in [4.69, 9.17) is 24.9 Å². The lowest BCUT2D eigenvalue weighted by molar-refractivity contribution is 0.907. The number of aromatic nitrogens is 7. The molecule has 11 aromatic rings. The molecular weight excluding hydrogens is 711 g/mol. The summed E-state index contributed by atoms with van der Waals surface area (Å²) in [5, 5.41) is 4.25. The van der Waals surface area contributed by atoms with Gasteiger partial charge in [0.05, 0.1) is 27.8 Å². The average molecular weight is 746 g/mol. The van der Waals surface area contributed by atoms with Crippen molar-refractivity contribution in [3.05, 3.63) is 188 Å². The maximum absolute atomic E-state index is 5.18. The minimum Gasteiger partial charge on any atom is -0.309 e. The molecule has 58 heavy (non-hydrogen) atoms. The van der Waals surface area contributed by atoms with Crippen molar-refractivity contribution in [1.29, 1.82) is 0 Å². The molecule has 0 N–H and O–H groups in total. The van der Waals surface area contributed by atoms with Crippen LogP contribution in [0.15, 0.2) is 182 Å². The predicted octanol–water partition coefficient (Wildman–Crippen LogP) is 12.1. The van der Waals surface area contributed by atoms with Crippen molar-refractivity contribution in [1.82, 2.24) is 34.1 Å². The van der Waals surface area contributed by atoms with E-state index >= 15 is 0 Å². The van der Waals surface area contributed by atoms with Crippen LogP contribution >= 0.6 is 0 Å². The van der Waals surface area contributed by atoms with E-state index in [1.54, 1.807) is 0 Å². The molecule has 0 saturated carbocycles. The normalized spacial score (nSPS) is 11.6. The maximum Gasteiger partial charge on any atom is 0.182 e. The topological polar surface area (TPSA) is 74.3 Å². The number of hydrogen-bond acceptors (Lipinski definition) is 5. The number of aryl methyl sites for hydroxylation is 1. The molecule has 0 unspecified atom stereocenters. The van der Waals surface area contributed by atoms with Gasteiger partial charge in [-0.05, 0) is 71.8 Å². The van der Waals surface area contributed by atoms with Gasteiger partial charge in [0.25, 0.3) is 0 Å². The van der Waals surface area contributed by atoms with Crippen molar-refractivity contribution >= 4 is 43.6 Å². The summed E-state index contributed by atoms with van der Waals surface area (Å²) in [5.74, 6) is 1.87. The number of pyridine rings is 2. The molecule has 0 saturated heterocycles. The Labute approximate surface area is 334 Å². The number of rotatable bonds is 7. The quantitative estimate of drug-likeness (QED) is 0.162. The molecule has 0 spiro atoms. The van der Waals surface area contributed by atoms with Crippen molar-refractivity contribution in [2.45, 2.75) is 13.3 Å². The first kappa shape index (κ1) is 33.6. The molecule has 0 radical (unpaired) electrons. The first-order valence-corrected chi connectivity index (χ1v) is 19.6. The van der Waals surface area contributed by atoms with Crippen molar-refractivity contribution in [2.75, 3.05) is 0 Å². The van der Waals surface area contributed by atoms with Gasteiger partial charge in [-0.2, -0.15) is 0 Å². The third-order valence-electron chi connectivity index (χ3n) is 11.0. The molecule has 0 aliphatic heterocycles. The summed E-state index contributed by atoms with van der Waals surface area (Å²) in [7, 11) is 0. The lowest BCUT2D eigenvalue weighted by Crippen LogP contribution is -2.03. The Morgan fingerprint density at radius 1 is 0.397 bits per heavy atom. The molecule has 0 atom stereocenters. The zero-order chi connectivity index (χ0) is 38.6. The van der Waals surface area contributed by atoms with E-state index < -0.39 is 0 Å². The van der Waals surface area contributed by atoms with Gasteiger partial charge in [0.1, 0.15) is 11.5 Å². The van der Waals surface area contributed by atoms with Gasteiger partial charge in [-0.15, -0.1) is 0 Å². The maximum atomic E-state index is 5.18. The van der Waals surface area contributed by atoms with Crippen LogP contribution in [0.4, 0.5) is 0 Å². The molecule has 0 fully saturated rings. The number of fused-ring (bicyclic) bond motifs is 6. The molecule has 5 aromatic heterocycles. The summed E-state index contributed by atoms with van der Waals surface area (Å²) in [6.45, 7) is 2.07. The molecule has 0 bridgehead atoms. The first-order chi connectivity index (χ1) is 28.7. The molecular formula is C51H35N7. The van der Waals surface area contributed by atoms with E-state index in [-0.39, 0.29) is 0 Å². The van der Waals surface area contributed by atoms with Crippen LogP contribution in [0.1, 0.15) is 12.7 Å². The van der Waals surface area contributed by atoms with Crippen molar-refractivity contribution < 1.29 is 0 Å². The summed E-state index contributed by atoms with van der Waals surface area (Å²) in [4.78, 5) is 25.2. The van der Waals surface area contributed by atoms with Crippen LogP contribution in [-0.4, -0.2) is 34.1 Å². The van der Waals surface area contributed by atoms with Crippen molar-refractivity contribution in [3.63, 3.8) is 0 Å². The molecule has 5 heterocycles. The number of nitrogens with zero attached hydrogens (tertiary/aromatic N) is 7. The molecule has 0 aliphatic rings. The zero-order valence-corrected chi connectivity index (χ0v) is 31.7. The van der Waals surface area contributed by atoms with Gasteiger partial charge in [0.2, 0.25) is 0 Å². The number of hydrogen-bond donors (Lipinski definition) is 0. The average Bonchev–Trinajstić information content (AvgIpc) is 3.82. The monoisotopic (exact) mass is 745 g/mol. The number of benzene rings is 6. The van der Waals surface area contributed by atoms with Crippen molar-refractivity contribution in [3.8, 4) is 56.7 Å². The van der Waals surface area contributed by atoms with Gasteiger partial charge in [-0.3, -0.25) is 9.97 Å². The van der Waals surface area contributed by atoms with E-state index in [0.717, 1.165) is 66.4 Å². The van der Waals surface area contributed by atoms with E-state index in [1.807, 2.05) is 48.8 Å². The van der Waals surface area contributed by atoms with Gasteiger partial charge in [0.15, 0.2) is 11.6 Å². The minimum absolute atomic E-state index is 0.535. The van der Waals surface area contributed by atoms with Gasteiger partial charge in [0, 0.05) is 62.9 Å². The highest BCUT2D eigenvalue weighted by molar-refractivity contribution is 6.20. The van der Waals surface area contributed by atoms with Crippen LogP contribution in [-0.2, 0) is 6.42 Å². The van der Waals surface area contributed by atoms with E-state index in [2.05, 4.69) is 150 Å². The highest BCUT2D eigenvalue weighted by Crippen LogP contribution is 2.43. The highest BCUT2D eigenvalue weighted by atomic mass is 15.1. The second kappa shape index (κ2) is 13.8. The Kier molecular flexibility index (Phi) is 7.96. The second-order valence-corrected chi connectivity index (χ2v) is 14.4. The lowest BCUT2D eigenvalue weighted by Gasteiger charge is -2.09. The predicted molar refractivity (Wildman–Crippen MR) is 235 cm³/mol. The number of para-hydroxylation sites is 2. The van der Waals surface area contributed by atoms with Crippen LogP contribution in [0.3, 0.4) is 0 Å². The third kappa shape index (κ3) is 5.47. The minimum atomic E-state index is 0.535. The fraction of sp³-hybridized carbons (Fsp3) is 0.0392. The van der Waals surface area contributed by atoms with E-state index in [0.29, 0.717) is 29.6 Å². The van der Waals surface area contributed by atoms with Crippen LogP contribution in [0.5, 0.6) is 0 Å². The Bertz CT molecular complexity index is 3300. The zero-order valence-electron chi connectivity index (χ0n) is 31.7. The fourth-order valence-corrected chi connectivity index (χ4v) is 8.38. The van der Waals surface area contributed by atoms with Crippen LogP contribution in [0, 0.1) is 0 Å². The highest BCUT2D eigenvalue weighted by Gasteiger charge is 2.24. The Balaban J connectivity index is 1.21. The van der Waals surface area contributed by atoms with Crippen molar-refractivity contribution in [2.24, 2.45) is 0 Å². The van der Waals surface area contributed by atoms with Gasteiger partial charge < -0.3 is 9.13 Å². The molecule has 0 aliphatic carbocycles. The van der Waals surface area contributed by atoms with E-state index in [1.165, 1.54) is 16.5 Å². The Morgan fingerprint density at radius 2 is 0.879 bits per heavy atom. The largest absolute Gasteiger partial charge is 0.309 e. The van der Waals surface area contributed by atoms with Gasteiger partial charge in [-0.1, -0.05) is 116 Å². The van der Waals surface area contributed by atoms with Gasteiger partial charge >= 0.3 is 0 Å². The van der Waals surface area contributed by atoms with Crippen LogP contribution < -0.4 is 0 Å². The molecule has 7 heteroatoms. The Morgan fingerprint density at radius 3 is 1.48 bits per heavy atom. The summed E-state index contributed by atoms with van der Waals surface area (Å²) < 4.78 is 4.66.